The average Bonchev–Trinajstić information content (AvgIpc) is 3.11. The van der Waals surface area contributed by atoms with Gasteiger partial charge in [-0.25, -0.2) is 8.78 Å². The predicted molar refractivity (Wildman–Crippen MR) is 104 cm³/mol. The van der Waals surface area contributed by atoms with Crippen LogP contribution in [0.2, 0.25) is 0 Å². The Bertz CT molecular complexity index is 1380. The lowest BCUT2D eigenvalue weighted by Gasteiger charge is -2.30. The van der Waals surface area contributed by atoms with E-state index in [1.807, 2.05) is 6.07 Å². The third-order valence-electron chi connectivity index (χ3n) is 5.20. The lowest BCUT2D eigenvalue weighted by atomic mass is 9.79. The predicted octanol–water partition coefficient (Wildman–Crippen LogP) is 5.11. The number of hydrogen-bond donors (Lipinski definition) is 2. The molecule has 1 aliphatic heterocycles. The Morgan fingerprint density at radius 2 is 1.66 bits per heavy atom. The summed E-state index contributed by atoms with van der Waals surface area (Å²) in [5, 5.41) is 28.6. The second kappa shape index (κ2) is 7.50. The first-order chi connectivity index (χ1) is 15.2. The fourth-order valence-electron chi connectivity index (χ4n) is 3.71. The van der Waals surface area contributed by atoms with Gasteiger partial charge in [0.2, 0.25) is 0 Å². The topological polar surface area (TPSA) is 88.3 Å². The van der Waals surface area contributed by atoms with Crippen molar-refractivity contribution in [2.45, 2.75) is 19.0 Å². The molecular weight excluding hydrogens is 429 g/mol. The van der Waals surface area contributed by atoms with Gasteiger partial charge in [-0.15, -0.1) is 0 Å². The van der Waals surface area contributed by atoms with E-state index < -0.39 is 35.0 Å². The van der Waals surface area contributed by atoms with E-state index in [0.29, 0.717) is 11.1 Å². The molecule has 3 aromatic rings. The van der Waals surface area contributed by atoms with Crippen molar-refractivity contribution in [2.75, 3.05) is 0 Å². The van der Waals surface area contributed by atoms with Gasteiger partial charge in [-0.05, 0) is 42.8 Å². The van der Waals surface area contributed by atoms with Crippen molar-refractivity contribution in [1.82, 2.24) is 15.5 Å². The van der Waals surface area contributed by atoms with Crippen molar-refractivity contribution < 1.29 is 22.0 Å². The number of aryl methyl sites for hydroxylation is 1. The summed E-state index contributed by atoms with van der Waals surface area (Å²) in [4.78, 5) is 0. The Morgan fingerprint density at radius 3 is 2.25 bits per heavy atom. The number of halogens is 5. The molecule has 1 aliphatic rings. The molecule has 2 aromatic carbocycles. The number of rotatable bonds is 2. The number of nitrogens with one attached hydrogen (secondary N) is 2. The van der Waals surface area contributed by atoms with Crippen LogP contribution in [0.4, 0.5) is 22.0 Å². The van der Waals surface area contributed by atoms with Gasteiger partial charge in [-0.1, -0.05) is 0 Å². The largest absolute Gasteiger partial charge is 0.432 e. The summed E-state index contributed by atoms with van der Waals surface area (Å²) in [6.45, 7) is 1.65. The molecule has 2 N–H and O–H groups in total. The molecule has 0 amide bonds. The zero-order valence-corrected chi connectivity index (χ0v) is 16.3. The molecule has 0 saturated heterocycles. The number of dihydropyridines is 1. The Morgan fingerprint density at radius 1 is 1.00 bits per heavy atom. The number of hydrogen-bond acceptors (Lipinski definition) is 4. The van der Waals surface area contributed by atoms with Gasteiger partial charge in [-0.3, -0.25) is 5.10 Å². The number of alkyl halides is 3. The lowest BCUT2D eigenvalue weighted by Crippen LogP contribution is -2.33. The Balaban J connectivity index is 2.06. The van der Waals surface area contributed by atoms with Crippen LogP contribution in [0.1, 0.15) is 22.7 Å². The summed E-state index contributed by atoms with van der Waals surface area (Å²) in [5.74, 6) is -3.19. The first kappa shape index (κ1) is 21.1. The van der Waals surface area contributed by atoms with Crippen LogP contribution >= 0.6 is 0 Å². The molecule has 0 radical (unpaired) electrons. The highest BCUT2D eigenvalue weighted by Gasteiger charge is 2.45. The van der Waals surface area contributed by atoms with E-state index in [1.54, 1.807) is 6.92 Å². The van der Waals surface area contributed by atoms with Gasteiger partial charge in [0.05, 0.1) is 40.4 Å². The third kappa shape index (κ3) is 3.36. The van der Waals surface area contributed by atoms with Gasteiger partial charge >= 0.3 is 6.18 Å². The van der Waals surface area contributed by atoms with Crippen molar-refractivity contribution in [1.29, 1.82) is 10.5 Å². The van der Waals surface area contributed by atoms with Gasteiger partial charge in [0.25, 0.3) is 0 Å². The van der Waals surface area contributed by atoms with Crippen molar-refractivity contribution in [3.8, 4) is 12.1 Å². The minimum absolute atomic E-state index is 0.0765. The standard InChI is InChI=1S/C22H12F5N5/c1-10-13-6-14(17(24)7-18(13)32-31-10)19-15(8-28)20(11-2-4-12(23)5-3-11)30-21(16(19)9-29)22(25,26)27/h2-7,19,30H,1H3,(H,31,32). The van der Waals surface area contributed by atoms with Crippen LogP contribution in [-0.2, 0) is 0 Å². The van der Waals surface area contributed by atoms with Crippen molar-refractivity contribution in [2.24, 2.45) is 0 Å². The van der Waals surface area contributed by atoms with Gasteiger partial charge in [0, 0.05) is 22.7 Å². The molecule has 32 heavy (non-hydrogen) atoms. The van der Waals surface area contributed by atoms with Crippen molar-refractivity contribution in [3.05, 3.63) is 81.7 Å². The van der Waals surface area contributed by atoms with Crippen LogP contribution in [0.15, 0.2) is 53.2 Å². The maximum absolute atomic E-state index is 15.1. The van der Waals surface area contributed by atoms with Crippen molar-refractivity contribution >= 4 is 16.6 Å². The summed E-state index contributed by atoms with van der Waals surface area (Å²) < 4.78 is 70.1. The fourth-order valence-corrected chi connectivity index (χ4v) is 3.71. The van der Waals surface area contributed by atoms with E-state index in [-0.39, 0.29) is 27.9 Å². The second-order valence-electron chi connectivity index (χ2n) is 7.10. The van der Waals surface area contributed by atoms with E-state index in [9.17, 15) is 28.1 Å². The molecule has 160 valence electrons. The Hall–Kier alpha value is -4.18. The first-order valence-electron chi connectivity index (χ1n) is 9.18. The molecule has 1 aromatic heterocycles. The second-order valence-corrected chi connectivity index (χ2v) is 7.10. The molecule has 0 spiro atoms. The zero-order valence-electron chi connectivity index (χ0n) is 16.3. The van der Waals surface area contributed by atoms with Crippen LogP contribution in [0.5, 0.6) is 0 Å². The summed E-state index contributed by atoms with van der Waals surface area (Å²) in [5.41, 5.74) is -2.27. The molecule has 0 saturated carbocycles. The molecule has 1 atom stereocenters. The number of nitriles is 2. The lowest BCUT2D eigenvalue weighted by molar-refractivity contribution is -0.0962. The van der Waals surface area contributed by atoms with Gasteiger partial charge in [0.15, 0.2) is 0 Å². The molecule has 2 heterocycles. The Labute approximate surface area is 178 Å². The molecule has 1 unspecified atom stereocenters. The molecule has 0 bridgehead atoms. The van der Waals surface area contributed by atoms with E-state index in [4.69, 9.17) is 0 Å². The van der Waals surface area contributed by atoms with Crippen molar-refractivity contribution in [3.63, 3.8) is 0 Å². The number of fused-ring (bicyclic) bond motifs is 1. The molecule has 0 fully saturated rings. The fraction of sp³-hybridized carbons (Fsp3) is 0.136. The molecular formula is C22H12F5N5. The number of H-pyrrole nitrogens is 1. The third-order valence-corrected chi connectivity index (χ3v) is 5.20. The van der Waals surface area contributed by atoms with Crippen LogP contribution in [0.3, 0.4) is 0 Å². The van der Waals surface area contributed by atoms with Gasteiger partial charge in [-0.2, -0.15) is 28.8 Å². The number of allylic oxidation sites excluding steroid dienone is 3. The number of nitrogens with zero attached hydrogens (tertiary/aromatic N) is 3. The maximum atomic E-state index is 15.1. The first-order valence-corrected chi connectivity index (χ1v) is 9.18. The van der Waals surface area contributed by atoms with Crippen LogP contribution in [-0.4, -0.2) is 16.4 Å². The monoisotopic (exact) mass is 441 g/mol. The van der Waals surface area contributed by atoms with Gasteiger partial charge in [0.1, 0.15) is 17.3 Å². The Kier molecular flexibility index (Phi) is 4.94. The summed E-state index contributed by atoms with van der Waals surface area (Å²) in [7, 11) is 0. The summed E-state index contributed by atoms with van der Waals surface area (Å²) >= 11 is 0. The normalized spacial score (nSPS) is 16.7. The van der Waals surface area contributed by atoms with E-state index in [1.165, 1.54) is 24.3 Å². The molecule has 4 rings (SSSR count). The highest BCUT2D eigenvalue weighted by molar-refractivity contribution is 5.84. The summed E-state index contributed by atoms with van der Waals surface area (Å²) in [6, 6.07) is 10.1. The number of aromatic amines is 1. The number of aromatic nitrogens is 2. The average molecular weight is 441 g/mol. The highest BCUT2D eigenvalue weighted by Crippen LogP contribution is 2.45. The van der Waals surface area contributed by atoms with Gasteiger partial charge < -0.3 is 5.32 Å². The minimum atomic E-state index is -5.00. The SMILES string of the molecule is Cc1[nH]nc2cc(F)c(C3C(C#N)=C(c4ccc(F)cc4)NC(C(F)(F)F)=C3C#N)cc12. The molecule has 10 heteroatoms. The van der Waals surface area contributed by atoms with E-state index >= 15 is 4.39 Å². The quantitative estimate of drug-likeness (QED) is 0.541. The van der Waals surface area contributed by atoms with Crippen LogP contribution in [0.25, 0.3) is 16.6 Å². The zero-order chi connectivity index (χ0) is 23.2. The molecule has 5 nitrogen and oxygen atoms in total. The number of benzene rings is 2. The van der Waals surface area contributed by atoms with E-state index in [0.717, 1.165) is 18.2 Å². The van der Waals surface area contributed by atoms with Crippen LogP contribution in [0, 0.1) is 41.2 Å². The van der Waals surface area contributed by atoms with E-state index in [2.05, 4.69) is 15.5 Å². The molecule has 0 aliphatic carbocycles. The highest BCUT2D eigenvalue weighted by atomic mass is 19.4. The minimum Gasteiger partial charge on any atom is -0.349 e. The van der Waals surface area contributed by atoms with Crippen LogP contribution < -0.4 is 5.32 Å². The summed E-state index contributed by atoms with van der Waals surface area (Å²) in [6.07, 6.45) is -5.00. The smallest absolute Gasteiger partial charge is 0.349 e. The maximum Gasteiger partial charge on any atom is 0.432 e.